The smallest absolute Gasteiger partial charge is 0.339 e. The van der Waals surface area contributed by atoms with Crippen molar-refractivity contribution < 1.29 is 9.90 Å². The van der Waals surface area contributed by atoms with Gasteiger partial charge in [0.05, 0.1) is 22.1 Å². The van der Waals surface area contributed by atoms with Gasteiger partial charge >= 0.3 is 5.97 Å². The summed E-state index contributed by atoms with van der Waals surface area (Å²) in [6, 6.07) is 24.4. The van der Waals surface area contributed by atoms with E-state index in [0.29, 0.717) is 33.5 Å². The van der Waals surface area contributed by atoms with Gasteiger partial charge in [0.15, 0.2) is 0 Å². The van der Waals surface area contributed by atoms with E-state index in [-0.39, 0.29) is 11.5 Å². The van der Waals surface area contributed by atoms with Gasteiger partial charge in [-0.3, -0.25) is 0 Å². The van der Waals surface area contributed by atoms with E-state index in [2.05, 4.69) is 6.92 Å². The summed E-state index contributed by atoms with van der Waals surface area (Å²) in [6.45, 7) is 2.06. The molecule has 1 N–H and O–H groups in total. The molecular weight excluding hydrogens is 431 g/mol. The Labute approximate surface area is 190 Å². The summed E-state index contributed by atoms with van der Waals surface area (Å²) in [5.41, 5.74) is 3.54. The van der Waals surface area contributed by atoms with E-state index in [4.69, 9.17) is 28.3 Å². The van der Waals surface area contributed by atoms with Crippen molar-refractivity contribution in [2.45, 2.75) is 19.3 Å². The lowest BCUT2D eigenvalue weighted by Gasteiger charge is -2.11. The quantitative estimate of drug-likeness (QED) is 0.347. The highest BCUT2D eigenvalue weighted by Gasteiger charge is 2.27. The molecule has 31 heavy (non-hydrogen) atoms. The monoisotopic (exact) mass is 450 g/mol. The molecular formula is C25H20Cl2N2O2. The summed E-state index contributed by atoms with van der Waals surface area (Å²) >= 11 is 12.7. The Bertz CT molecular complexity index is 1220. The molecule has 0 saturated heterocycles. The molecule has 6 heteroatoms. The van der Waals surface area contributed by atoms with Gasteiger partial charge in [-0.05, 0) is 36.1 Å². The minimum Gasteiger partial charge on any atom is -0.478 e. The summed E-state index contributed by atoms with van der Waals surface area (Å²) in [7, 11) is 0. The molecule has 0 aliphatic rings. The maximum Gasteiger partial charge on any atom is 0.339 e. The average Bonchev–Trinajstić information content (AvgIpc) is 3.15. The number of hydrogen-bond donors (Lipinski definition) is 1. The highest BCUT2D eigenvalue weighted by atomic mass is 35.5. The van der Waals surface area contributed by atoms with Crippen molar-refractivity contribution in [3.8, 4) is 16.9 Å². The maximum absolute atomic E-state index is 12.4. The zero-order valence-electron chi connectivity index (χ0n) is 16.8. The van der Waals surface area contributed by atoms with E-state index in [9.17, 15) is 9.90 Å². The lowest BCUT2D eigenvalue weighted by atomic mass is 9.94. The first kappa shape index (κ1) is 21.2. The second-order valence-corrected chi connectivity index (χ2v) is 8.21. The van der Waals surface area contributed by atoms with Crippen molar-refractivity contribution in [2.75, 3.05) is 0 Å². The number of carboxylic acids is 1. The molecule has 4 rings (SSSR count). The summed E-state index contributed by atoms with van der Waals surface area (Å²) in [6.07, 6.45) is 0.469. The molecule has 1 heterocycles. The van der Waals surface area contributed by atoms with Crippen molar-refractivity contribution in [1.29, 1.82) is 0 Å². The molecule has 0 spiro atoms. The van der Waals surface area contributed by atoms with Crippen LogP contribution >= 0.6 is 23.2 Å². The Morgan fingerprint density at radius 2 is 1.65 bits per heavy atom. The van der Waals surface area contributed by atoms with Gasteiger partial charge in [0.25, 0.3) is 0 Å². The standard InChI is InChI=1S/C25H20Cl2N2O2/c1-16(17-8-4-2-5-9-17)14-21-23(25(30)31)24(18-10-6-3-7-11-18)29(28-21)22-15-19(26)12-13-20(22)27/h2-13,15-16H,14H2,1H3,(H,30,31). The van der Waals surface area contributed by atoms with Crippen LogP contribution in [0.25, 0.3) is 16.9 Å². The lowest BCUT2D eigenvalue weighted by Crippen LogP contribution is -2.06. The Morgan fingerprint density at radius 3 is 2.29 bits per heavy atom. The highest BCUT2D eigenvalue weighted by molar-refractivity contribution is 6.34. The molecule has 0 radical (unpaired) electrons. The van der Waals surface area contributed by atoms with E-state index < -0.39 is 5.97 Å². The SMILES string of the molecule is CC(Cc1nn(-c2cc(Cl)ccc2Cl)c(-c2ccccc2)c1C(=O)O)c1ccccc1. The molecule has 0 fully saturated rings. The zero-order valence-corrected chi connectivity index (χ0v) is 18.3. The number of carboxylic acid groups (broad SMARTS) is 1. The fourth-order valence-corrected chi connectivity index (χ4v) is 4.07. The van der Waals surface area contributed by atoms with Crippen molar-refractivity contribution >= 4 is 29.2 Å². The fraction of sp³-hybridized carbons (Fsp3) is 0.120. The van der Waals surface area contributed by atoms with E-state index >= 15 is 0 Å². The van der Waals surface area contributed by atoms with Crippen molar-refractivity contribution in [3.63, 3.8) is 0 Å². The van der Waals surface area contributed by atoms with Crippen LogP contribution in [0.15, 0.2) is 78.9 Å². The van der Waals surface area contributed by atoms with Gasteiger partial charge in [-0.1, -0.05) is 90.8 Å². The Morgan fingerprint density at radius 1 is 1.00 bits per heavy atom. The Kier molecular flexibility index (Phi) is 6.12. The Hall–Kier alpha value is -3.08. The zero-order chi connectivity index (χ0) is 22.0. The van der Waals surface area contributed by atoms with Crippen LogP contribution in [0.3, 0.4) is 0 Å². The van der Waals surface area contributed by atoms with Gasteiger partial charge in [0, 0.05) is 10.6 Å². The van der Waals surface area contributed by atoms with E-state index in [1.165, 1.54) is 0 Å². The Balaban J connectivity index is 1.93. The molecule has 1 aromatic heterocycles. The highest BCUT2D eigenvalue weighted by Crippen LogP contribution is 2.34. The molecule has 0 aliphatic carbocycles. The number of carbonyl (C=O) groups is 1. The van der Waals surface area contributed by atoms with Crippen LogP contribution < -0.4 is 0 Å². The molecule has 156 valence electrons. The third-order valence-electron chi connectivity index (χ3n) is 5.22. The fourth-order valence-electron chi connectivity index (χ4n) is 3.71. The second-order valence-electron chi connectivity index (χ2n) is 7.36. The van der Waals surface area contributed by atoms with Crippen LogP contribution in [-0.2, 0) is 6.42 Å². The number of benzene rings is 3. The molecule has 0 saturated carbocycles. The van der Waals surface area contributed by atoms with Crippen LogP contribution in [0.4, 0.5) is 0 Å². The number of aromatic carboxylic acids is 1. The first-order valence-electron chi connectivity index (χ1n) is 9.86. The van der Waals surface area contributed by atoms with Gasteiger partial charge in [-0.15, -0.1) is 0 Å². The minimum atomic E-state index is -1.03. The van der Waals surface area contributed by atoms with Crippen molar-refractivity contribution in [2.24, 2.45) is 0 Å². The van der Waals surface area contributed by atoms with Crippen LogP contribution in [-0.4, -0.2) is 20.9 Å². The van der Waals surface area contributed by atoms with Crippen LogP contribution in [0, 0.1) is 0 Å². The van der Waals surface area contributed by atoms with Gasteiger partial charge < -0.3 is 5.11 Å². The number of rotatable bonds is 6. The van der Waals surface area contributed by atoms with Crippen LogP contribution in [0.2, 0.25) is 10.0 Å². The topological polar surface area (TPSA) is 55.1 Å². The number of hydrogen-bond acceptors (Lipinski definition) is 2. The summed E-state index contributed by atoms with van der Waals surface area (Å²) in [5, 5.41) is 15.8. The molecule has 3 aromatic carbocycles. The predicted molar refractivity (Wildman–Crippen MR) is 125 cm³/mol. The largest absolute Gasteiger partial charge is 0.478 e. The van der Waals surface area contributed by atoms with Crippen LogP contribution in [0.5, 0.6) is 0 Å². The summed E-state index contributed by atoms with van der Waals surface area (Å²) < 4.78 is 1.60. The molecule has 1 unspecified atom stereocenters. The number of aromatic nitrogens is 2. The maximum atomic E-state index is 12.4. The lowest BCUT2D eigenvalue weighted by molar-refractivity contribution is 0.0696. The first-order valence-corrected chi connectivity index (χ1v) is 10.6. The van der Waals surface area contributed by atoms with E-state index in [0.717, 1.165) is 11.1 Å². The predicted octanol–water partition coefficient (Wildman–Crippen LogP) is 6.89. The van der Waals surface area contributed by atoms with E-state index in [1.807, 2.05) is 60.7 Å². The van der Waals surface area contributed by atoms with Crippen molar-refractivity contribution in [3.05, 3.63) is 106 Å². The molecule has 0 aliphatic heterocycles. The van der Waals surface area contributed by atoms with Gasteiger partial charge in [-0.2, -0.15) is 5.10 Å². The number of nitrogens with zero attached hydrogens (tertiary/aromatic N) is 2. The molecule has 4 aromatic rings. The third-order valence-corrected chi connectivity index (χ3v) is 5.78. The van der Waals surface area contributed by atoms with Gasteiger partial charge in [-0.25, -0.2) is 9.48 Å². The summed E-state index contributed by atoms with van der Waals surface area (Å²) in [5.74, 6) is -0.945. The van der Waals surface area contributed by atoms with Gasteiger partial charge in [0.2, 0.25) is 0 Å². The third kappa shape index (κ3) is 4.36. The average molecular weight is 451 g/mol. The molecule has 1 atom stereocenters. The molecule has 0 bridgehead atoms. The first-order chi connectivity index (χ1) is 15.0. The van der Waals surface area contributed by atoms with Crippen LogP contribution in [0.1, 0.15) is 34.5 Å². The number of halogens is 2. The van der Waals surface area contributed by atoms with Gasteiger partial charge in [0.1, 0.15) is 5.56 Å². The second kappa shape index (κ2) is 8.96. The van der Waals surface area contributed by atoms with Crippen molar-refractivity contribution in [1.82, 2.24) is 9.78 Å². The molecule has 4 nitrogen and oxygen atoms in total. The van der Waals surface area contributed by atoms with E-state index in [1.54, 1.807) is 22.9 Å². The molecule has 0 amide bonds. The summed E-state index contributed by atoms with van der Waals surface area (Å²) in [4.78, 5) is 12.4. The normalized spacial score (nSPS) is 12.0. The minimum absolute atomic E-state index is 0.0844.